The van der Waals surface area contributed by atoms with Crippen molar-refractivity contribution in [1.29, 1.82) is 0 Å². The number of amides is 1. The molecule has 9 heteroatoms. The molecule has 0 aliphatic heterocycles. The van der Waals surface area contributed by atoms with E-state index in [-0.39, 0.29) is 0 Å². The highest BCUT2D eigenvalue weighted by molar-refractivity contribution is 7.81. The van der Waals surface area contributed by atoms with Crippen molar-refractivity contribution in [3.8, 4) is 10.4 Å². The first-order chi connectivity index (χ1) is 17.9. The Morgan fingerprint density at radius 1 is 1.05 bits per heavy atom. The van der Waals surface area contributed by atoms with E-state index in [1.54, 1.807) is 36.4 Å². The molecule has 0 spiro atoms. The molecule has 3 heterocycles. The van der Waals surface area contributed by atoms with Crippen LogP contribution in [-0.2, 0) is 24.2 Å². The van der Waals surface area contributed by atoms with E-state index >= 15 is 0 Å². The van der Waals surface area contributed by atoms with Gasteiger partial charge in [0, 0.05) is 17.7 Å². The van der Waals surface area contributed by atoms with E-state index in [9.17, 15) is 13.6 Å². The SMILES string of the molecule is CCc1nc2c(C)cc(C)nc2n1Cc1ccc(-c2sccc2N(C(=O)c2ccccc2)S(=O)O)cc1. The molecule has 37 heavy (non-hydrogen) atoms. The fourth-order valence-electron chi connectivity index (χ4n) is 4.47. The van der Waals surface area contributed by atoms with Gasteiger partial charge in [-0.2, -0.15) is 0 Å². The van der Waals surface area contributed by atoms with Gasteiger partial charge < -0.3 is 4.57 Å². The van der Waals surface area contributed by atoms with Gasteiger partial charge in [-0.15, -0.1) is 11.3 Å². The predicted octanol–water partition coefficient (Wildman–Crippen LogP) is 6.17. The number of fused-ring (bicyclic) bond motifs is 1. The van der Waals surface area contributed by atoms with Gasteiger partial charge in [-0.3, -0.25) is 9.35 Å². The van der Waals surface area contributed by atoms with E-state index < -0.39 is 17.2 Å². The first-order valence-electron chi connectivity index (χ1n) is 11.9. The maximum Gasteiger partial charge on any atom is 0.272 e. The van der Waals surface area contributed by atoms with Crippen molar-refractivity contribution >= 4 is 45.4 Å². The monoisotopic (exact) mass is 530 g/mol. The minimum atomic E-state index is -2.52. The minimum absolute atomic E-state index is 0.343. The number of carbonyl (C=O) groups excluding carboxylic acids is 1. The fourth-order valence-corrected chi connectivity index (χ4v) is 5.98. The predicted molar refractivity (Wildman–Crippen MR) is 149 cm³/mol. The Morgan fingerprint density at radius 2 is 1.78 bits per heavy atom. The largest absolute Gasteiger partial charge is 0.308 e. The number of nitrogens with zero attached hydrogens (tertiary/aromatic N) is 4. The average molecular weight is 531 g/mol. The Hall–Kier alpha value is -3.66. The van der Waals surface area contributed by atoms with E-state index in [1.807, 2.05) is 36.6 Å². The van der Waals surface area contributed by atoms with Crippen LogP contribution < -0.4 is 4.31 Å². The van der Waals surface area contributed by atoms with Crippen LogP contribution in [0.25, 0.3) is 21.6 Å². The number of aryl methyl sites for hydroxylation is 3. The van der Waals surface area contributed by atoms with Crippen molar-refractivity contribution < 1.29 is 13.6 Å². The summed E-state index contributed by atoms with van der Waals surface area (Å²) in [6, 6.07) is 20.3. The van der Waals surface area contributed by atoms with Crippen LogP contribution in [0.3, 0.4) is 0 Å². The third-order valence-electron chi connectivity index (χ3n) is 6.20. The molecule has 0 saturated heterocycles. The van der Waals surface area contributed by atoms with Gasteiger partial charge in [-0.25, -0.2) is 18.5 Å². The van der Waals surface area contributed by atoms with Gasteiger partial charge in [-0.1, -0.05) is 49.4 Å². The van der Waals surface area contributed by atoms with Crippen LogP contribution in [0.5, 0.6) is 0 Å². The smallest absolute Gasteiger partial charge is 0.272 e. The highest BCUT2D eigenvalue weighted by atomic mass is 32.2. The summed E-state index contributed by atoms with van der Waals surface area (Å²) in [5.74, 6) is 0.455. The van der Waals surface area contributed by atoms with Crippen molar-refractivity contribution in [2.75, 3.05) is 4.31 Å². The summed E-state index contributed by atoms with van der Waals surface area (Å²) in [6.07, 6.45) is 0.801. The molecule has 188 valence electrons. The van der Waals surface area contributed by atoms with Crippen LogP contribution in [0.1, 0.15) is 39.9 Å². The second kappa shape index (κ2) is 10.4. The lowest BCUT2D eigenvalue weighted by molar-refractivity contribution is 0.100. The number of benzene rings is 2. The number of imidazole rings is 1. The van der Waals surface area contributed by atoms with Crippen molar-refractivity contribution in [3.05, 3.63) is 100 Å². The summed E-state index contributed by atoms with van der Waals surface area (Å²) in [7, 11) is 0. The third-order valence-corrected chi connectivity index (χ3v) is 7.83. The number of thiophene rings is 1. The van der Waals surface area contributed by atoms with Gasteiger partial charge >= 0.3 is 0 Å². The van der Waals surface area contributed by atoms with E-state index in [0.29, 0.717) is 17.8 Å². The zero-order chi connectivity index (χ0) is 26.1. The maximum absolute atomic E-state index is 13.1. The van der Waals surface area contributed by atoms with Crippen LogP contribution >= 0.6 is 11.3 Å². The Kier molecular flexibility index (Phi) is 7.01. The second-order valence-electron chi connectivity index (χ2n) is 8.75. The number of anilines is 1. The molecule has 0 aliphatic carbocycles. The van der Waals surface area contributed by atoms with Crippen LogP contribution in [0.4, 0.5) is 5.69 Å². The molecule has 3 aromatic heterocycles. The fraction of sp³-hybridized carbons (Fsp3) is 0.179. The summed E-state index contributed by atoms with van der Waals surface area (Å²) >= 11 is -1.10. The van der Waals surface area contributed by atoms with Crippen LogP contribution in [0.2, 0.25) is 0 Å². The summed E-state index contributed by atoms with van der Waals surface area (Å²) in [6.45, 7) is 6.78. The molecule has 1 unspecified atom stereocenters. The van der Waals surface area contributed by atoms with Crippen molar-refractivity contribution in [3.63, 3.8) is 0 Å². The lowest BCUT2D eigenvalue weighted by Gasteiger charge is -2.19. The van der Waals surface area contributed by atoms with E-state index in [4.69, 9.17) is 9.97 Å². The third kappa shape index (κ3) is 4.85. The van der Waals surface area contributed by atoms with Crippen LogP contribution in [-0.4, -0.2) is 29.2 Å². The average Bonchev–Trinajstić information content (AvgIpc) is 3.50. The first kappa shape index (κ1) is 25.0. The van der Waals surface area contributed by atoms with E-state index in [1.165, 1.54) is 11.3 Å². The van der Waals surface area contributed by atoms with Crippen molar-refractivity contribution in [2.24, 2.45) is 0 Å². The first-order valence-corrected chi connectivity index (χ1v) is 13.8. The molecule has 5 aromatic rings. The minimum Gasteiger partial charge on any atom is -0.308 e. The molecule has 0 bridgehead atoms. The standard InChI is InChI=1S/C28H26N4O3S2/c1-4-24-30-25-18(2)16-19(3)29-27(25)31(24)17-20-10-12-21(13-11-20)26-23(14-15-36-26)32(37(34)35)28(33)22-8-6-5-7-9-22/h5-16H,4,17H2,1-3H3,(H,34,35). The lowest BCUT2D eigenvalue weighted by atomic mass is 10.1. The number of carbonyl (C=O) groups is 1. The molecule has 1 N–H and O–H groups in total. The number of rotatable bonds is 7. The number of hydrogen-bond acceptors (Lipinski definition) is 5. The van der Waals surface area contributed by atoms with Gasteiger partial charge in [0.1, 0.15) is 11.3 Å². The molecule has 0 radical (unpaired) electrons. The molecular formula is C28H26N4O3S2. The molecule has 2 aromatic carbocycles. The molecule has 1 amide bonds. The van der Waals surface area contributed by atoms with E-state index in [0.717, 1.165) is 55.0 Å². The Bertz CT molecular complexity index is 1610. The van der Waals surface area contributed by atoms with E-state index in [2.05, 4.69) is 24.5 Å². The number of hydrogen-bond donors (Lipinski definition) is 1. The highest BCUT2D eigenvalue weighted by Gasteiger charge is 2.26. The van der Waals surface area contributed by atoms with Crippen LogP contribution in [0, 0.1) is 13.8 Å². The quantitative estimate of drug-likeness (QED) is 0.254. The number of aromatic nitrogens is 3. The summed E-state index contributed by atoms with van der Waals surface area (Å²) in [4.78, 5) is 23.4. The maximum atomic E-state index is 13.1. The summed E-state index contributed by atoms with van der Waals surface area (Å²) < 4.78 is 25.4. The topological polar surface area (TPSA) is 88.3 Å². The summed E-state index contributed by atoms with van der Waals surface area (Å²) in [5, 5.41) is 1.82. The van der Waals surface area contributed by atoms with Crippen molar-refractivity contribution in [2.45, 2.75) is 33.7 Å². The van der Waals surface area contributed by atoms with Gasteiger partial charge in [0.05, 0.1) is 17.1 Å². The highest BCUT2D eigenvalue weighted by Crippen LogP contribution is 2.37. The van der Waals surface area contributed by atoms with Crippen LogP contribution in [0.15, 0.2) is 72.1 Å². The van der Waals surface area contributed by atoms with Gasteiger partial charge in [-0.05, 0) is 60.2 Å². The zero-order valence-corrected chi connectivity index (χ0v) is 22.3. The Balaban J connectivity index is 1.47. The molecular weight excluding hydrogens is 504 g/mol. The molecule has 0 saturated carbocycles. The molecule has 7 nitrogen and oxygen atoms in total. The van der Waals surface area contributed by atoms with Gasteiger partial charge in [0.15, 0.2) is 5.65 Å². The Morgan fingerprint density at radius 3 is 2.46 bits per heavy atom. The summed E-state index contributed by atoms with van der Waals surface area (Å²) in [5.41, 5.74) is 6.59. The molecule has 1 atom stereocenters. The second-order valence-corrected chi connectivity index (χ2v) is 10.5. The van der Waals surface area contributed by atoms with Crippen molar-refractivity contribution in [1.82, 2.24) is 14.5 Å². The zero-order valence-electron chi connectivity index (χ0n) is 20.7. The Labute approximate surface area is 221 Å². The normalized spacial score (nSPS) is 12.1. The molecule has 5 rings (SSSR count). The van der Waals surface area contributed by atoms with Gasteiger partial charge in [0.25, 0.3) is 17.2 Å². The number of pyridine rings is 1. The molecule has 0 fully saturated rings. The van der Waals surface area contributed by atoms with Gasteiger partial charge in [0.2, 0.25) is 0 Å². The lowest BCUT2D eigenvalue weighted by Crippen LogP contribution is -2.32. The molecule has 0 aliphatic rings.